The number of hydrogen-bond acceptors (Lipinski definition) is 6. The molecule has 1 aromatic heterocycles. The third-order valence-corrected chi connectivity index (χ3v) is 5.46. The molecule has 7 heteroatoms. The molecule has 33 heavy (non-hydrogen) atoms. The number of aliphatic imine (C=N–C) groups is 1. The summed E-state index contributed by atoms with van der Waals surface area (Å²) in [4.78, 5) is 16.3. The molecule has 0 bridgehead atoms. The van der Waals surface area contributed by atoms with Gasteiger partial charge in [-0.3, -0.25) is 9.67 Å². The zero-order valence-electron chi connectivity index (χ0n) is 20.3. The molecule has 0 aliphatic carbocycles. The van der Waals surface area contributed by atoms with Crippen molar-refractivity contribution in [2.24, 2.45) is 12.0 Å². The maximum Gasteiger partial charge on any atom is 0.512 e. The summed E-state index contributed by atoms with van der Waals surface area (Å²) in [5, 5.41) is 4.55. The fourth-order valence-electron chi connectivity index (χ4n) is 3.57. The van der Waals surface area contributed by atoms with E-state index in [1.807, 2.05) is 27.1 Å². The van der Waals surface area contributed by atoms with Gasteiger partial charge < -0.3 is 14.2 Å². The van der Waals surface area contributed by atoms with Crippen LogP contribution in [0.3, 0.4) is 0 Å². The minimum atomic E-state index is -0.928. The second kappa shape index (κ2) is 9.53. The van der Waals surface area contributed by atoms with Crippen molar-refractivity contribution >= 4 is 23.7 Å². The Balaban J connectivity index is 2.07. The van der Waals surface area contributed by atoms with Crippen molar-refractivity contribution in [1.82, 2.24) is 9.78 Å². The van der Waals surface area contributed by atoms with Crippen LogP contribution in [-0.4, -0.2) is 41.1 Å². The number of benzene rings is 1. The Morgan fingerprint density at radius 1 is 1.21 bits per heavy atom. The molecular formula is C26H31N3O4. The first-order chi connectivity index (χ1) is 15.5. The van der Waals surface area contributed by atoms with Crippen molar-refractivity contribution in [3.63, 3.8) is 0 Å². The minimum Gasteiger partial charge on any atom is -0.452 e. The summed E-state index contributed by atoms with van der Waals surface area (Å²) in [6.45, 7) is 11.9. The van der Waals surface area contributed by atoms with E-state index >= 15 is 0 Å². The molecule has 0 fully saturated rings. The number of carbonyl (C=O) groups excluding carboxylic acids is 1. The first-order valence-electron chi connectivity index (χ1n) is 10.9. The monoisotopic (exact) mass is 449 g/mol. The van der Waals surface area contributed by atoms with Crippen LogP contribution >= 0.6 is 0 Å². The van der Waals surface area contributed by atoms with Gasteiger partial charge in [0.2, 0.25) is 6.29 Å². The maximum atomic E-state index is 11.9. The second-order valence-electron chi connectivity index (χ2n) is 9.04. The Bertz CT molecular complexity index is 1120. The van der Waals surface area contributed by atoms with Gasteiger partial charge in [-0.25, -0.2) is 4.79 Å². The molecule has 3 rings (SSSR count). The van der Waals surface area contributed by atoms with E-state index in [2.05, 4.69) is 61.0 Å². The molecule has 0 saturated carbocycles. The van der Waals surface area contributed by atoms with Gasteiger partial charge in [0, 0.05) is 31.3 Å². The summed E-state index contributed by atoms with van der Waals surface area (Å²) in [5.41, 5.74) is 5.77. The second-order valence-corrected chi connectivity index (χ2v) is 9.04. The molecule has 1 aliphatic heterocycles. The molecule has 2 unspecified atom stereocenters. The fraction of sp³-hybridized carbons (Fsp3) is 0.423. The molecule has 0 spiro atoms. The van der Waals surface area contributed by atoms with Crippen LogP contribution in [0.1, 0.15) is 55.8 Å². The Hall–Kier alpha value is -3.53. The number of ether oxygens (including phenoxy) is 3. The van der Waals surface area contributed by atoms with Gasteiger partial charge in [0.1, 0.15) is 11.7 Å². The Labute approximate surface area is 195 Å². The molecule has 0 N–H and O–H groups in total. The average Bonchev–Trinajstić information content (AvgIpc) is 3.53. The van der Waals surface area contributed by atoms with E-state index in [4.69, 9.17) is 20.6 Å². The highest BCUT2D eigenvalue weighted by Gasteiger charge is 2.31. The molecule has 2 atom stereocenters. The molecule has 0 amide bonds. The SMILES string of the molecule is C#CCOC(=O)OC(C)O/C(=C(\c1ccc(C(C)(C)C)cc1)C1C=N1)c1c(C)c(C)nn1C. The third-order valence-electron chi connectivity index (χ3n) is 5.46. The lowest BCUT2D eigenvalue weighted by atomic mass is 9.85. The van der Waals surface area contributed by atoms with Gasteiger partial charge in [0.05, 0.1) is 5.69 Å². The van der Waals surface area contributed by atoms with Crippen LogP contribution in [0.4, 0.5) is 4.79 Å². The Morgan fingerprint density at radius 3 is 2.33 bits per heavy atom. The number of nitrogens with zero attached hydrogens (tertiary/aromatic N) is 3. The van der Waals surface area contributed by atoms with Gasteiger partial charge in [0.25, 0.3) is 0 Å². The molecule has 174 valence electrons. The number of rotatable bonds is 7. The van der Waals surface area contributed by atoms with Crippen LogP contribution in [0.2, 0.25) is 0 Å². The summed E-state index contributed by atoms with van der Waals surface area (Å²) >= 11 is 0. The lowest BCUT2D eigenvalue weighted by Crippen LogP contribution is -2.21. The van der Waals surface area contributed by atoms with E-state index in [1.54, 1.807) is 11.6 Å². The van der Waals surface area contributed by atoms with E-state index in [0.29, 0.717) is 5.76 Å². The molecule has 2 aromatic rings. The maximum absolute atomic E-state index is 11.9. The molecule has 1 aliphatic rings. The predicted octanol–water partition coefficient (Wildman–Crippen LogP) is 4.80. The highest BCUT2D eigenvalue weighted by Crippen LogP contribution is 2.37. The smallest absolute Gasteiger partial charge is 0.452 e. The van der Waals surface area contributed by atoms with Gasteiger partial charge in [-0.15, -0.1) is 6.42 Å². The molecular weight excluding hydrogens is 418 g/mol. The van der Waals surface area contributed by atoms with Crippen molar-refractivity contribution in [3.05, 3.63) is 52.3 Å². The minimum absolute atomic E-state index is 0.0364. The summed E-state index contributed by atoms with van der Waals surface area (Å²) in [6.07, 6.45) is 5.18. The van der Waals surface area contributed by atoms with Crippen molar-refractivity contribution < 1.29 is 19.0 Å². The molecule has 1 aromatic carbocycles. The molecule has 0 radical (unpaired) electrons. The van der Waals surface area contributed by atoms with Gasteiger partial charge in [-0.05, 0) is 30.4 Å². The van der Waals surface area contributed by atoms with E-state index in [-0.39, 0.29) is 18.1 Å². The van der Waals surface area contributed by atoms with Crippen LogP contribution < -0.4 is 0 Å². The fourth-order valence-corrected chi connectivity index (χ4v) is 3.57. The summed E-state index contributed by atoms with van der Waals surface area (Å²) in [6, 6.07) is 8.26. The lowest BCUT2D eigenvalue weighted by Gasteiger charge is -2.22. The molecule has 2 heterocycles. The van der Waals surface area contributed by atoms with E-state index in [0.717, 1.165) is 28.1 Å². The number of carbonyl (C=O) groups is 1. The van der Waals surface area contributed by atoms with Gasteiger partial charge in [-0.2, -0.15) is 5.10 Å². The summed E-state index contributed by atoms with van der Waals surface area (Å²) < 4.78 is 18.1. The standard InChI is InChI=1S/C26H31N3O4/c1-9-14-31-25(30)33-18(4)32-24(23-16(2)17(3)28-29(23)8)22(21-15-27-21)19-10-12-20(13-11-19)26(5,6)7/h1,10-13,15,18,21H,14H2,2-8H3/b24-22+. The first kappa shape index (κ1) is 24.1. The van der Waals surface area contributed by atoms with Crippen molar-refractivity contribution in [2.75, 3.05) is 6.61 Å². The number of aryl methyl sites for hydroxylation is 2. The van der Waals surface area contributed by atoms with Gasteiger partial charge in [0.15, 0.2) is 12.4 Å². The number of aromatic nitrogens is 2. The first-order valence-corrected chi connectivity index (χ1v) is 10.9. The van der Waals surface area contributed by atoms with Crippen molar-refractivity contribution in [3.8, 4) is 12.3 Å². The van der Waals surface area contributed by atoms with Gasteiger partial charge in [-0.1, -0.05) is 51.0 Å². The van der Waals surface area contributed by atoms with Crippen LogP contribution in [0.15, 0.2) is 29.3 Å². The zero-order valence-corrected chi connectivity index (χ0v) is 20.3. The molecule has 0 saturated heterocycles. The highest BCUT2D eigenvalue weighted by molar-refractivity contribution is 6.04. The lowest BCUT2D eigenvalue weighted by molar-refractivity contribution is -0.0645. The Kier molecular flexibility index (Phi) is 6.97. The van der Waals surface area contributed by atoms with Crippen molar-refractivity contribution in [1.29, 1.82) is 0 Å². The van der Waals surface area contributed by atoms with E-state index < -0.39 is 12.4 Å². The quantitative estimate of drug-likeness (QED) is 0.263. The van der Waals surface area contributed by atoms with Crippen LogP contribution in [0, 0.1) is 26.2 Å². The largest absolute Gasteiger partial charge is 0.512 e. The van der Waals surface area contributed by atoms with Crippen LogP contribution in [-0.2, 0) is 26.7 Å². The predicted molar refractivity (Wildman–Crippen MR) is 129 cm³/mol. The van der Waals surface area contributed by atoms with Crippen LogP contribution in [0.5, 0.6) is 0 Å². The summed E-state index contributed by atoms with van der Waals surface area (Å²) in [7, 11) is 1.86. The number of terminal acetylenes is 1. The topological polar surface area (TPSA) is 74.9 Å². The summed E-state index contributed by atoms with van der Waals surface area (Å²) in [5.74, 6) is 2.79. The number of hydrogen-bond donors (Lipinski definition) is 0. The zero-order chi connectivity index (χ0) is 24.3. The highest BCUT2D eigenvalue weighted by atomic mass is 16.8. The van der Waals surface area contributed by atoms with E-state index in [9.17, 15) is 4.79 Å². The third kappa shape index (κ3) is 5.64. The Morgan fingerprint density at radius 2 is 1.85 bits per heavy atom. The van der Waals surface area contributed by atoms with Crippen molar-refractivity contribution in [2.45, 2.75) is 59.3 Å². The molecule has 7 nitrogen and oxygen atoms in total. The van der Waals surface area contributed by atoms with Crippen LogP contribution in [0.25, 0.3) is 11.3 Å². The normalized spacial score (nSPS) is 16.5. The average molecular weight is 450 g/mol. The van der Waals surface area contributed by atoms with E-state index in [1.165, 1.54) is 5.56 Å². The van der Waals surface area contributed by atoms with Gasteiger partial charge >= 0.3 is 6.16 Å².